The summed E-state index contributed by atoms with van der Waals surface area (Å²) in [5.74, 6) is -0.813. The van der Waals surface area contributed by atoms with Gasteiger partial charge >= 0.3 is 5.97 Å². The molecule has 1 saturated carbocycles. The standard InChI is InChI=1S/C21H24Cl2O4S/c1-11-3-5-14-15(10-28(26)17-6-4-12(22)9-16(17)23)20(24)27-19(14)18-13(11)7-8-21(18,2)25/h4,6,9,14-15,18-19,25H,3,5,7-8,10H2,1-2H3/t14-,15-,18-,19-,21+,28?/m0/s1. The van der Waals surface area contributed by atoms with E-state index in [1.54, 1.807) is 18.2 Å². The monoisotopic (exact) mass is 442 g/mol. The third-order valence-corrected chi connectivity index (χ3v) is 8.81. The number of carbonyl (C=O) groups is 1. The Morgan fingerprint density at radius 2 is 2.07 bits per heavy atom. The molecule has 1 aromatic rings. The number of ether oxygens (including phenoxy) is 1. The molecule has 2 fully saturated rings. The topological polar surface area (TPSA) is 63.6 Å². The number of esters is 1. The molecule has 1 unspecified atom stereocenters. The van der Waals surface area contributed by atoms with Gasteiger partial charge in [0.1, 0.15) is 6.10 Å². The zero-order valence-electron chi connectivity index (χ0n) is 15.9. The maximum absolute atomic E-state index is 13.0. The molecule has 6 atom stereocenters. The van der Waals surface area contributed by atoms with Gasteiger partial charge in [0.15, 0.2) is 0 Å². The highest BCUT2D eigenvalue weighted by atomic mass is 35.5. The van der Waals surface area contributed by atoms with Crippen LogP contribution in [0.2, 0.25) is 10.0 Å². The zero-order chi connectivity index (χ0) is 20.2. The van der Waals surface area contributed by atoms with E-state index in [2.05, 4.69) is 6.92 Å². The lowest BCUT2D eigenvalue weighted by molar-refractivity contribution is -0.147. The van der Waals surface area contributed by atoms with Gasteiger partial charge in [-0.3, -0.25) is 9.00 Å². The second-order valence-corrected chi connectivity index (χ2v) is 10.7. The smallest absolute Gasteiger partial charge is 0.310 e. The van der Waals surface area contributed by atoms with Crippen LogP contribution in [0.3, 0.4) is 0 Å². The number of aliphatic hydroxyl groups is 1. The summed E-state index contributed by atoms with van der Waals surface area (Å²) in [6.07, 6.45) is 2.86. The van der Waals surface area contributed by atoms with Crippen LogP contribution in [0.1, 0.15) is 39.5 Å². The maximum Gasteiger partial charge on any atom is 0.310 e. The van der Waals surface area contributed by atoms with Crippen LogP contribution in [0.5, 0.6) is 0 Å². The molecule has 1 N–H and O–H groups in total. The van der Waals surface area contributed by atoms with Crippen molar-refractivity contribution in [1.29, 1.82) is 0 Å². The van der Waals surface area contributed by atoms with Crippen molar-refractivity contribution in [3.05, 3.63) is 39.4 Å². The number of hydrogen-bond donors (Lipinski definition) is 1. The lowest BCUT2D eigenvalue weighted by Crippen LogP contribution is -2.41. The Morgan fingerprint density at radius 1 is 1.32 bits per heavy atom. The van der Waals surface area contributed by atoms with E-state index in [0.717, 1.165) is 19.3 Å². The van der Waals surface area contributed by atoms with E-state index in [9.17, 15) is 14.1 Å². The highest BCUT2D eigenvalue weighted by Gasteiger charge is 2.56. The molecule has 4 nitrogen and oxygen atoms in total. The second kappa shape index (κ2) is 7.42. The molecule has 3 aliphatic rings. The number of hydrogen-bond acceptors (Lipinski definition) is 4. The van der Waals surface area contributed by atoms with Crippen LogP contribution in [-0.4, -0.2) is 32.7 Å². The van der Waals surface area contributed by atoms with Crippen LogP contribution >= 0.6 is 23.2 Å². The average Bonchev–Trinajstić information content (AvgIpc) is 3.03. The van der Waals surface area contributed by atoms with E-state index >= 15 is 0 Å². The Labute approximate surface area is 177 Å². The molecule has 0 amide bonds. The van der Waals surface area contributed by atoms with E-state index in [-0.39, 0.29) is 29.7 Å². The second-order valence-electron chi connectivity index (χ2n) is 8.44. The highest BCUT2D eigenvalue weighted by Crippen LogP contribution is 2.52. The fraction of sp³-hybridized carbons (Fsp3) is 0.571. The third-order valence-electron chi connectivity index (χ3n) is 6.64. The molecule has 0 spiro atoms. The quantitative estimate of drug-likeness (QED) is 0.551. The normalized spacial score (nSPS) is 36.0. The maximum atomic E-state index is 13.0. The fourth-order valence-corrected chi connectivity index (χ4v) is 7.20. The fourth-order valence-electron chi connectivity index (χ4n) is 5.15. The van der Waals surface area contributed by atoms with Gasteiger partial charge in [-0.15, -0.1) is 0 Å². The molecule has 1 aromatic carbocycles. The molecule has 1 saturated heterocycles. The lowest BCUT2D eigenvalue weighted by Gasteiger charge is -2.32. The van der Waals surface area contributed by atoms with Crippen molar-refractivity contribution in [2.24, 2.45) is 17.8 Å². The first kappa shape index (κ1) is 20.4. The number of fused-ring (bicyclic) bond motifs is 3. The molecule has 0 aromatic heterocycles. The number of halogens is 2. The Balaban J connectivity index is 1.61. The SMILES string of the molecule is CC1=C2CC[C@@](C)(O)[C@@H]2[C@H]2OC(=O)[C@@H](CS(=O)c3ccc(Cl)cc3Cl)[C@@H]2CC1. The summed E-state index contributed by atoms with van der Waals surface area (Å²) in [4.78, 5) is 13.2. The van der Waals surface area contributed by atoms with Crippen LogP contribution in [0.25, 0.3) is 0 Å². The molecule has 0 radical (unpaired) electrons. The zero-order valence-corrected chi connectivity index (χ0v) is 18.2. The average molecular weight is 443 g/mol. The van der Waals surface area contributed by atoms with Crippen molar-refractivity contribution >= 4 is 40.0 Å². The lowest BCUT2D eigenvalue weighted by atomic mass is 9.78. The molecular weight excluding hydrogens is 419 g/mol. The first-order valence-corrected chi connectivity index (χ1v) is 11.7. The summed E-state index contributed by atoms with van der Waals surface area (Å²) in [5.41, 5.74) is 1.67. The van der Waals surface area contributed by atoms with Gasteiger partial charge in [0.25, 0.3) is 0 Å². The molecular formula is C21H24Cl2O4S. The molecule has 1 heterocycles. The van der Waals surface area contributed by atoms with Gasteiger partial charge < -0.3 is 9.84 Å². The van der Waals surface area contributed by atoms with Crippen molar-refractivity contribution in [3.63, 3.8) is 0 Å². The van der Waals surface area contributed by atoms with Gasteiger partial charge in [-0.05, 0) is 57.7 Å². The number of benzene rings is 1. The van der Waals surface area contributed by atoms with E-state index in [1.807, 2.05) is 6.92 Å². The summed E-state index contributed by atoms with van der Waals surface area (Å²) in [6, 6.07) is 4.86. The van der Waals surface area contributed by atoms with Crippen molar-refractivity contribution < 1.29 is 18.8 Å². The van der Waals surface area contributed by atoms with Crippen LogP contribution in [0, 0.1) is 17.8 Å². The van der Waals surface area contributed by atoms with Crippen molar-refractivity contribution in [1.82, 2.24) is 0 Å². The first-order valence-electron chi connectivity index (χ1n) is 9.64. The Hall–Kier alpha value is -0.880. The van der Waals surface area contributed by atoms with E-state index < -0.39 is 22.3 Å². The van der Waals surface area contributed by atoms with Gasteiger partial charge in [-0.1, -0.05) is 34.3 Å². The predicted molar refractivity (Wildman–Crippen MR) is 110 cm³/mol. The van der Waals surface area contributed by atoms with Crippen molar-refractivity contribution in [2.75, 3.05) is 5.75 Å². The van der Waals surface area contributed by atoms with Crippen LogP contribution < -0.4 is 0 Å². The molecule has 7 heteroatoms. The van der Waals surface area contributed by atoms with Crippen molar-refractivity contribution in [3.8, 4) is 0 Å². The predicted octanol–water partition coefficient (Wildman–Crippen LogP) is 4.53. The van der Waals surface area contributed by atoms with E-state index in [1.165, 1.54) is 11.1 Å². The van der Waals surface area contributed by atoms with Crippen LogP contribution in [0.15, 0.2) is 34.2 Å². The Bertz CT molecular complexity index is 879. The summed E-state index contributed by atoms with van der Waals surface area (Å²) in [6.45, 7) is 3.96. The van der Waals surface area contributed by atoms with Crippen LogP contribution in [-0.2, 0) is 20.3 Å². The van der Waals surface area contributed by atoms with Gasteiger partial charge in [0.05, 0.1) is 32.2 Å². The van der Waals surface area contributed by atoms with Crippen molar-refractivity contribution in [2.45, 2.75) is 56.1 Å². The summed E-state index contributed by atoms with van der Waals surface area (Å²) >= 11 is 12.1. The highest BCUT2D eigenvalue weighted by molar-refractivity contribution is 7.85. The summed E-state index contributed by atoms with van der Waals surface area (Å²) < 4.78 is 18.8. The molecule has 152 valence electrons. The number of rotatable bonds is 3. The number of allylic oxidation sites excluding steroid dienone is 1. The molecule has 0 bridgehead atoms. The molecule has 28 heavy (non-hydrogen) atoms. The van der Waals surface area contributed by atoms with Crippen LogP contribution in [0.4, 0.5) is 0 Å². The summed E-state index contributed by atoms with van der Waals surface area (Å²) in [7, 11) is -1.44. The van der Waals surface area contributed by atoms with Gasteiger partial charge in [0.2, 0.25) is 0 Å². The minimum atomic E-state index is -1.44. The van der Waals surface area contributed by atoms with Gasteiger partial charge in [-0.2, -0.15) is 0 Å². The first-order chi connectivity index (χ1) is 13.2. The van der Waals surface area contributed by atoms with Gasteiger partial charge in [0, 0.05) is 22.6 Å². The molecule has 2 aliphatic carbocycles. The minimum absolute atomic E-state index is 0.0513. The molecule has 4 rings (SSSR count). The Kier molecular flexibility index (Phi) is 5.41. The van der Waals surface area contributed by atoms with E-state index in [4.69, 9.17) is 27.9 Å². The Morgan fingerprint density at radius 3 is 2.79 bits per heavy atom. The summed E-state index contributed by atoms with van der Waals surface area (Å²) in [5, 5.41) is 11.8. The molecule has 1 aliphatic heterocycles. The van der Waals surface area contributed by atoms with Gasteiger partial charge in [-0.25, -0.2) is 0 Å². The largest absolute Gasteiger partial charge is 0.461 e. The third kappa shape index (κ3) is 3.45. The van der Waals surface area contributed by atoms with E-state index in [0.29, 0.717) is 21.4 Å². The number of carbonyl (C=O) groups excluding carboxylic acids is 1. The minimum Gasteiger partial charge on any atom is -0.461 e.